The maximum absolute atomic E-state index is 6.02. The molecular formula is C15H19N3OS. The number of anilines is 1. The van der Waals surface area contributed by atoms with Crippen LogP contribution < -0.4 is 10.1 Å². The molecule has 0 aliphatic carbocycles. The smallest absolute Gasteiger partial charge is 0.227 e. The molecule has 0 fully saturated rings. The molecule has 2 rings (SSSR count). The Morgan fingerprint density at radius 1 is 1.20 bits per heavy atom. The summed E-state index contributed by atoms with van der Waals surface area (Å²) in [5.74, 6) is 2.52. The number of para-hydroxylation sites is 1. The first kappa shape index (κ1) is 14.7. The molecule has 0 amide bonds. The zero-order chi connectivity index (χ0) is 14.5. The van der Waals surface area contributed by atoms with Crippen LogP contribution in [0.25, 0.3) is 0 Å². The van der Waals surface area contributed by atoms with Gasteiger partial charge in [-0.25, -0.2) is 9.97 Å². The van der Waals surface area contributed by atoms with Crippen LogP contribution in [0.15, 0.2) is 35.5 Å². The Balaban J connectivity index is 2.43. The lowest BCUT2D eigenvalue weighted by atomic mass is 10.1. The molecule has 1 heterocycles. The van der Waals surface area contributed by atoms with Crippen molar-refractivity contribution in [3.8, 4) is 11.6 Å². The molecule has 0 aliphatic heterocycles. The van der Waals surface area contributed by atoms with Crippen LogP contribution >= 0.6 is 11.8 Å². The Morgan fingerprint density at radius 2 is 1.95 bits per heavy atom. The fraction of sp³-hybridized carbons (Fsp3) is 0.333. The van der Waals surface area contributed by atoms with Crippen LogP contribution in [0, 0.1) is 0 Å². The van der Waals surface area contributed by atoms with E-state index in [0.717, 1.165) is 22.0 Å². The lowest BCUT2D eigenvalue weighted by Gasteiger charge is -2.16. The minimum absolute atomic E-state index is 0.273. The third-order valence-electron chi connectivity index (χ3n) is 2.94. The largest absolute Gasteiger partial charge is 0.437 e. The maximum Gasteiger partial charge on any atom is 0.227 e. The van der Waals surface area contributed by atoms with Crippen molar-refractivity contribution in [2.24, 2.45) is 0 Å². The second-order valence-electron chi connectivity index (χ2n) is 4.60. The predicted octanol–water partition coefficient (Wildman–Crippen LogP) is 4.16. The van der Waals surface area contributed by atoms with E-state index < -0.39 is 0 Å². The van der Waals surface area contributed by atoms with Crippen molar-refractivity contribution in [2.75, 3.05) is 18.6 Å². The van der Waals surface area contributed by atoms with Gasteiger partial charge in [-0.3, -0.25) is 0 Å². The average molecular weight is 289 g/mol. The summed E-state index contributed by atoms with van der Waals surface area (Å²) in [4.78, 5) is 9.64. The second-order valence-corrected chi connectivity index (χ2v) is 5.45. The molecule has 1 N–H and O–H groups in total. The van der Waals surface area contributed by atoms with Crippen molar-refractivity contribution in [1.29, 1.82) is 0 Å². The van der Waals surface area contributed by atoms with Gasteiger partial charge in [0, 0.05) is 11.9 Å². The first-order chi connectivity index (χ1) is 9.67. The molecule has 0 saturated heterocycles. The molecule has 0 aliphatic rings. The van der Waals surface area contributed by atoms with Gasteiger partial charge in [-0.15, -0.1) is 11.8 Å². The summed E-state index contributed by atoms with van der Waals surface area (Å²) in [7, 11) is 1.85. The van der Waals surface area contributed by atoms with E-state index in [-0.39, 0.29) is 5.92 Å². The molecule has 0 radical (unpaired) electrons. The first-order valence-corrected chi connectivity index (χ1v) is 7.73. The Kier molecular flexibility index (Phi) is 4.84. The minimum Gasteiger partial charge on any atom is -0.437 e. The number of hydrogen-bond donors (Lipinski definition) is 1. The van der Waals surface area contributed by atoms with Gasteiger partial charge in [-0.1, -0.05) is 26.0 Å². The van der Waals surface area contributed by atoms with Crippen molar-refractivity contribution in [3.63, 3.8) is 0 Å². The van der Waals surface area contributed by atoms with Crippen LogP contribution in [0.3, 0.4) is 0 Å². The fourth-order valence-corrected chi connectivity index (χ4v) is 2.51. The summed E-state index contributed by atoms with van der Waals surface area (Å²) >= 11 is 1.65. The lowest BCUT2D eigenvalue weighted by molar-refractivity contribution is 0.442. The van der Waals surface area contributed by atoms with Gasteiger partial charge in [-0.2, -0.15) is 0 Å². The Labute approximate surface area is 124 Å². The van der Waals surface area contributed by atoms with E-state index in [0.29, 0.717) is 5.88 Å². The van der Waals surface area contributed by atoms with Crippen molar-refractivity contribution >= 4 is 17.6 Å². The zero-order valence-corrected chi connectivity index (χ0v) is 13.0. The molecule has 2 aromatic rings. The summed E-state index contributed by atoms with van der Waals surface area (Å²) in [6.45, 7) is 4.21. The highest BCUT2D eigenvalue weighted by atomic mass is 32.2. The number of thioether (sulfide) groups is 1. The Morgan fingerprint density at radius 3 is 2.60 bits per heavy atom. The van der Waals surface area contributed by atoms with Gasteiger partial charge in [0.15, 0.2) is 0 Å². The Hall–Kier alpha value is -1.75. The molecule has 0 saturated carbocycles. The predicted molar refractivity (Wildman–Crippen MR) is 84.0 cm³/mol. The van der Waals surface area contributed by atoms with Crippen molar-refractivity contribution in [1.82, 2.24) is 9.97 Å². The average Bonchev–Trinajstić information content (AvgIpc) is 2.47. The SMILES string of the molecule is CNc1ncnc(Oc2ccccc2SC)c1C(C)C. The number of aromatic nitrogens is 2. The van der Waals surface area contributed by atoms with Crippen LogP contribution in [-0.4, -0.2) is 23.3 Å². The molecular weight excluding hydrogens is 270 g/mol. The molecule has 4 nitrogen and oxygen atoms in total. The molecule has 1 aromatic heterocycles. The van der Waals surface area contributed by atoms with Gasteiger partial charge in [-0.05, 0) is 24.3 Å². The third kappa shape index (κ3) is 3.04. The molecule has 20 heavy (non-hydrogen) atoms. The van der Waals surface area contributed by atoms with E-state index in [4.69, 9.17) is 4.74 Å². The minimum atomic E-state index is 0.273. The van der Waals surface area contributed by atoms with Gasteiger partial charge in [0.1, 0.15) is 17.9 Å². The number of nitrogens with zero attached hydrogens (tertiary/aromatic N) is 2. The standard InChI is InChI=1S/C15H19N3OS/c1-10(2)13-14(16-3)17-9-18-15(13)19-11-7-5-6-8-12(11)20-4/h5-10H,1-4H3,(H,16,17,18). The number of rotatable bonds is 5. The third-order valence-corrected chi connectivity index (χ3v) is 3.71. The van der Waals surface area contributed by atoms with E-state index in [1.165, 1.54) is 6.33 Å². The number of nitrogens with one attached hydrogen (secondary N) is 1. The van der Waals surface area contributed by atoms with Crippen LogP contribution in [0.1, 0.15) is 25.3 Å². The van der Waals surface area contributed by atoms with Crippen LogP contribution in [-0.2, 0) is 0 Å². The summed E-state index contributed by atoms with van der Waals surface area (Å²) in [5, 5.41) is 3.10. The van der Waals surface area contributed by atoms with Gasteiger partial charge in [0.2, 0.25) is 5.88 Å². The monoisotopic (exact) mass is 289 g/mol. The zero-order valence-electron chi connectivity index (χ0n) is 12.2. The topological polar surface area (TPSA) is 47.0 Å². The first-order valence-electron chi connectivity index (χ1n) is 6.50. The van der Waals surface area contributed by atoms with Crippen molar-refractivity contribution in [3.05, 3.63) is 36.2 Å². The van der Waals surface area contributed by atoms with E-state index in [1.807, 2.05) is 37.6 Å². The van der Waals surface area contributed by atoms with Gasteiger partial charge in [0.05, 0.1) is 5.56 Å². The maximum atomic E-state index is 6.02. The van der Waals surface area contributed by atoms with E-state index in [1.54, 1.807) is 11.8 Å². The highest BCUT2D eigenvalue weighted by Crippen LogP contribution is 2.36. The second kappa shape index (κ2) is 6.61. The number of benzene rings is 1. The van der Waals surface area contributed by atoms with Crippen LogP contribution in [0.2, 0.25) is 0 Å². The lowest BCUT2D eigenvalue weighted by Crippen LogP contribution is -2.04. The van der Waals surface area contributed by atoms with Gasteiger partial charge < -0.3 is 10.1 Å². The molecule has 0 atom stereocenters. The fourth-order valence-electron chi connectivity index (χ4n) is 1.99. The summed E-state index contributed by atoms with van der Waals surface area (Å²) < 4.78 is 6.02. The molecule has 106 valence electrons. The summed E-state index contributed by atoms with van der Waals surface area (Å²) in [6, 6.07) is 7.96. The quantitative estimate of drug-likeness (QED) is 0.838. The number of ether oxygens (including phenoxy) is 1. The van der Waals surface area contributed by atoms with Crippen molar-refractivity contribution < 1.29 is 4.74 Å². The summed E-state index contributed by atoms with van der Waals surface area (Å²) in [6.07, 6.45) is 3.55. The van der Waals surface area contributed by atoms with Crippen LogP contribution in [0.5, 0.6) is 11.6 Å². The number of hydrogen-bond acceptors (Lipinski definition) is 5. The highest BCUT2D eigenvalue weighted by molar-refractivity contribution is 7.98. The van der Waals surface area contributed by atoms with E-state index >= 15 is 0 Å². The molecule has 0 unspecified atom stereocenters. The molecule has 5 heteroatoms. The van der Waals surface area contributed by atoms with Crippen molar-refractivity contribution in [2.45, 2.75) is 24.7 Å². The molecule has 0 bridgehead atoms. The van der Waals surface area contributed by atoms with E-state index in [2.05, 4.69) is 29.1 Å². The van der Waals surface area contributed by atoms with Gasteiger partial charge in [0.25, 0.3) is 0 Å². The highest BCUT2D eigenvalue weighted by Gasteiger charge is 2.16. The Bertz CT molecular complexity index is 587. The van der Waals surface area contributed by atoms with Crippen LogP contribution in [0.4, 0.5) is 5.82 Å². The van der Waals surface area contributed by atoms with Gasteiger partial charge >= 0.3 is 0 Å². The van der Waals surface area contributed by atoms with E-state index in [9.17, 15) is 0 Å². The molecule has 1 aromatic carbocycles. The molecule has 0 spiro atoms. The summed E-state index contributed by atoms with van der Waals surface area (Å²) in [5.41, 5.74) is 0.992. The normalized spacial score (nSPS) is 10.7.